The Bertz CT molecular complexity index is 215. The van der Waals surface area contributed by atoms with Gasteiger partial charge in [0.05, 0.1) is 0 Å². The Balaban J connectivity index is 2.72. The average Bonchev–Trinajstić information content (AvgIpc) is 2.24. The number of methoxy groups -OCH3 is 1. The van der Waals surface area contributed by atoms with Crippen molar-refractivity contribution in [1.82, 2.24) is 0 Å². The quantitative estimate of drug-likeness (QED) is 0.717. The summed E-state index contributed by atoms with van der Waals surface area (Å²) in [4.78, 5) is 12.0. The van der Waals surface area contributed by atoms with Crippen LogP contribution in [0.5, 0.6) is 0 Å². The third kappa shape index (κ3) is 3.07. The zero-order valence-corrected chi connectivity index (χ0v) is 11.2. The van der Waals surface area contributed by atoms with Crippen LogP contribution in [-0.2, 0) is 9.53 Å². The highest BCUT2D eigenvalue weighted by Gasteiger charge is 2.37. The second-order valence-corrected chi connectivity index (χ2v) is 5.34. The summed E-state index contributed by atoms with van der Waals surface area (Å²) in [6.07, 6.45) is 5.22. The molecule has 1 saturated carbocycles. The molecule has 1 aliphatic rings. The van der Waals surface area contributed by atoms with Gasteiger partial charge >= 0.3 is 0 Å². The molecule has 0 aliphatic heterocycles. The topological polar surface area (TPSA) is 26.3 Å². The van der Waals surface area contributed by atoms with Crippen molar-refractivity contribution in [3.63, 3.8) is 0 Å². The van der Waals surface area contributed by atoms with Crippen LogP contribution >= 0.6 is 0 Å². The van der Waals surface area contributed by atoms with Gasteiger partial charge in [-0.1, -0.05) is 40.0 Å². The number of hydrogen-bond acceptors (Lipinski definition) is 2. The molecule has 1 aliphatic carbocycles. The van der Waals surface area contributed by atoms with Gasteiger partial charge in [0.25, 0.3) is 0 Å². The van der Waals surface area contributed by atoms with Gasteiger partial charge in [-0.25, -0.2) is 0 Å². The zero-order valence-electron chi connectivity index (χ0n) is 11.2. The molecule has 0 aromatic rings. The van der Waals surface area contributed by atoms with Crippen molar-refractivity contribution in [2.24, 2.45) is 17.8 Å². The minimum atomic E-state index is -0.162. The molecule has 0 amide bonds. The van der Waals surface area contributed by atoms with E-state index in [0.717, 1.165) is 6.42 Å². The summed E-state index contributed by atoms with van der Waals surface area (Å²) >= 11 is 0. The van der Waals surface area contributed by atoms with Gasteiger partial charge in [-0.05, 0) is 24.2 Å². The fourth-order valence-electron chi connectivity index (χ4n) is 3.20. The molecular formula is C14H26O2. The number of carbonyl (C=O) groups is 1. The van der Waals surface area contributed by atoms with E-state index in [9.17, 15) is 4.79 Å². The molecule has 0 aromatic carbocycles. The zero-order chi connectivity index (χ0) is 12.1. The summed E-state index contributed by atoms with van der Waals surface area (Å²) in [5, 5.41) is 0. The number of ether oxygens (including phenoxy) is 1. The smallest absolute Gasteiger partial charge is 0.161 e. The first-order chi connectivity index (χ1) is 7.61. The lowest BCUT2D eigenvalue weighted by Crippen LogP contribution is -2.41. The van der Waals surface area contributed by atoms with Crippen LogP contribution in [0.2, 0.25) is 0 Å². The largest absolute Gasteiger partial charge is 0.373 e. The number of carbonyl (C=O) groups excluding carboxylic acids is 1. The van der Waals surface area contributed by atoms with Crippen molar-refractivity contribution >= 4 is 5.78 Å². The van der Waals surface area contributed by atoms with Gasteiger partial charge in [-0.15, -0.1) is 0 Å². The Kier molecular flexibility index (Phi) is 5.47. The van der Waals surface area contributed by atoms with Crippen LogP contribution < -0.4 is 0 Å². The van der Waals surface area contributed by atoms with Gasteiger partial charge in [0.15, 0.2) is 5.78 Å². The Morgan fingerprint density at radius 2 is 1.88 bits per heavy atom. The summed E-state index contributed by atoms with van der Waals surface area (Å²) in [6, 6.07) is 0. The summed E-state index contributed by atoms with van der Waals surface area (Å²) in [5.41, 5.74) is 0. The van der Waals surface area contributed by atoms with E-state index in [1.54, 1.807) is 7.11 Å². The first-order valence-electron chi connectivity index (χ1n) is 6.67. The van der Waals surface area contributed by atoms with Gasteiger partial charge in [0, 0.05) is 13.5 Å². The van der Waals surface area contributed by atoms with Crippen molar-refractivity contribution in [2.45, 2.75) is 59.0 Å². The molecule has 94 valence electrons. The van der Waals surface area contributed by atoms with E-state index in [0.29, 0.717) is 30.0 Å². The van der Waals surface area contributed by atoms with E-state index >= 15 is 0 Å². The van der Waals surface area contributed by atoms with Crippen LogP contribution in [0, 0.1) is 17.8 Å². The lowest BCUT2D eigenvalue weighted by Gasteiger charge is -2.38. The highest BCUT2D eigenvalue weighted by atomic mass is 16.5. The lowest BCUT2D eigenvalue weighted by atomic mass is 9.70. The van der Waals surface area contributed by atoms with Crippen LogP contribution in [0.4, 0.5) is 0 Å². The first kappa shape index (κ1) is 13.7. The maximum atomic E-state index is 12.0. The molecule has 1 rings (SSSR count). The summed E-state index contributed by atoms with van der Waals surface area (Å²) in [7, 11) is 1.69. The van der Waals surface area contributed by atoms with Crippen LogP contribution in [-0.4, -0.2) is 19.0 Å². The maximum absolute atomic E-state index is 12.0. The van der Waals surface area contributed by atoms with Crippen LogP contribution in [0.15, 0.2) is 0 Å². The Labute approximate surface area is 99.8 Å². The fraction of sp³-hybridized carbons (Fsp3) is 0.929. The van der Waals surface area contributed by atoms with Crippen LogP contribution in [0.25, 0.3) is 0 Å². The fourth-order valence-corrected chi connectivity index (χ4v) is 3.20. The van der Waals surface area contributed by atoms with E-state index in [2.05, 4.69) is 20.8 Å². The van der Waals surface area contributed by atoms with E-state index in [4.69, 9.17) is 4.74 Å². The van der Waals surface area contributed by atoms with Gasteiger partial charge in [0.1, 0.15) is 6.10 Å². The molecule has 0 heterocycles. The van der Waals surface area contributed by atoms with Gasteiger partial charge < -0.3 is 4.74 Å². The van der Waals surface area contributed by atoms with E-state index in [1.165, 1.54) is 19.3 Å². The molecule has 3 unspecified atom stereocenters. The first-order valence-corrected chi connectivity index (χ1v) is 6.67. The summed E-state index contributed by atoms with van der Waals surface area (Å²) in [6.45, 7) is 6.59. The van der Waals surface area contributed by atoms with Gasteiger partial charge in [-0.2, -0.15) is 0 Å². The SMILES string of the molecule is CCCC(=O)C(OC)C1C(C)CCCC1C. The second kappa shape index (κ2) is 6.39. The Morgan fingerprint density at radius 3 is 2.31 bits per heavy atom. The highest BCUT2D eigenvalue weighted by Crippen LogP contribution is 2.38. The monoisotopic (exact) mass is 226 g/mol. The molecule has 3 atom stereocenters. The van der Waals surface area contributed by atoms with Crippen molar-refractivity contribution in [1.29, 1.82) is 0 Å². The molecule has 2 heteroatoms. The van der Waals surface area contributed by atoms with E-state index in [1.807, 2.05) is 0 Å². The van der Waals surface area contributed by atoms with Gasteiger partial charge in [0.2, 0.25) is 0 Å². The average molecular weight is 226 g/mol. The molecule has 0 saturated heterocycles. The molecule has 2 nitrogen and oxygen atoms in total. The van der Waals surface area contributed by atoms with Crippen molar-refractivity contribution in [3.05, 3.63) is 0 Å². The third-order valence-corrected chi connectivity index (χ3v) is 4.05. The van der Waals surface area contributed by atoms with E-state index < -0.39 is 0 Å². The molecule has 0 bridgehead atoms. The molecular weight excluding hydrogens is 200 g/mol. The van der Waals surface area contributed by atoms with Gasteiger partial charge in [-0.3, -0.25) is 4.79 Å². The lowest BCUT2D eigenvalue weighted by molar-refractivity contribution is -0.136. The molecule has 0 N–H and O–H groups in total. The minimum Gasteiger partial charge on any atom is -0.373 e. The molecule has 0 radical (unpaired) electrons. The van der Waals surface area contributed by atoms with Crippen LogP contribution in [0.1, 0.15) is 52.9 Å². The number of hydrogen-bond donors (Lipinski definition) is 0. The number of rotatable bonds is 5. The van der Waals surface area contributed by atoms with Crippen molar-refractivity contribution < 1.29 is 9.53 Å². The standard InChI is InChI=1S/C14H26O2/c1-5-7-12(15)14(16-4)13-10(2)8-6-9-11(13)3/h10-11,13-14H,5-9H2,1-4H3. The maximum Gasteiger partial charge on any atom is 0.161 e. The number of Topliss-reactive ketones (excluding diaryl/α,β-unsaturated/α-hetero) is 1. The molecule has 0 spiro atoms. The third-order valence-electron chi connectivity index (χ3n) is 4.05. The highest BCUT2D eigenvalue weighted by molar-refractivity contribution is 5.83. The summed E-state index contributed by atoms with van der Waals surface area (Å²) < 4.78 is 5.50. The normalized spacial score (nSPS) is 32.4. The summed E-state index contributed by atoms with van der Waals surface area (Å²) in [5.74, 6) is 1.97. The van der Waals surface area contributed by atoms with E-state index in [-0.39, 0.29) is 6.10 Å². The molecule has 16 heavy (non-hydrogen) atoms. The van der Waals surface area contributed by atoms with Crippen molar-refractivity contribution in [3.8, 4) is 0 Å². The number of ketones is 1. The Hall–Kier alpha value is -0.370. The molecule has 1 fully saturated rings. The minimum absolute atomic E-state index is 0.162. The van der Waals surface area contributed by atoms with Crippen molar-refractivity contribution in [2.75, 3.05) is 7.11 Å². The predicted molar refractivity (Wildman–Crippen MR) is 66.4 cm³/mol. The molecule has 0 aromatic heterocycles. The predicted octanol–water partition coefficient (Wildman–Crippen LogP) is 3.44. The second-order valence-electron chi connectivity index (χ2n) is 5.34. The van der Waals surface area contributed by atoms with Crippen LogP contribution in [0.3, 0.4) is 0 Å². The Morgan fingerprint density at radius 1 is 1.31 bits per heavy atom.